The van der Waals surface area contributed by atoms with Crippen LogP contribution >= 0.6 is 0 Å². The summed E-state index contributed by atoms with van der Waals surface area (Å²) in [5.41, 5.74) is 1.92. The van der Waals surface area contributed by atoms with Crippen molar-refractivity contribution in [2.24, 2.45) is 7.05 Å². The molecule has 9 nitrogen and oxygen atoms in total. The van der Waals surface area contributed by atoms with Crippen LogP contribution in [0.1, 0.15) is 18.4 Å². The molecule has 2 aliphatic heterocycles. The molecule has 2 saturated heterocycles. The van der Waals surface area contributed by atoms with Gasteiger partial charge in [0.2, 0.25) is 5.95 Å². The van der Waals surface area contributed by atoms with Gasteiger partial charge in [0, 0.05) is 76.9 Å². The molecule has 0 spiro atoms. The van der Waals surface area contributed by atoms with Gasteiger partial charge in [0.25, 0.3) is 5.56 Å². The molecule has 2 fully saturated rings. The van der Waals surface area contributed by atoms with Crippen molar-refractivity contribution in [2.75, 3.05) is 49.5 Å². The third kappa shape index (κ3) is 4.66. The average Bonchev–Trinajstić information content (AvgIpc) is 3.24. The fourth-order valence-corrected chi connectivity index (χ4v) is 3.59. The van der Waals surface area contributed by atoms with Crippen molar-refractivity contribution in [3.05, 3.63) is 40.6 Å². The predicted octanol–water partition coefficient (Wildman–Crippen LogP) is 0.483. The van der Waals surface area contributed by atoms with Crippen LogP contribution in [0.25, 0.3) is 0 Å². The largest absolute Gasteiger partial charge is 0.376 e. The van der Waals surface area contributed by atoms with E-state index in [4.69, 9.17) is 4.74 Å². The molecule has 1 unspecified atom stereocenters. The van der Waals surface area contributed by atoms with Gasteiger partial charge in [0.05, 0.1) is 18.0 Å². The predicted molar refractivity (Wildman–Crippen MR) is 106 cm³/mol. The highest BCUT2D eigenvalue weighted by Gasteiger charge is 2.19. The lowest BCUT2D eigenvalue weighted by molar-refractivity contribution is 0.120. The highest BCUT2D eigenvalue weighted by atomic mass is 16.5. The van der Waals surface area contributed by atoms with E-state index in [1.807, 2.05) is 12.4 Å². The molecule has 0 bridgehead atoms. The highest BCUT2D eigenvalue weighted by molar-refractivity contribution is 5.43. The third-order valence-electron chi connectivity index (χ3n) is 5.31. The standard InChI is InChI=1S/C19H27N7O2/c1-24-18(27)9-16(12-23-24)26-6-4-25(5-7-26)14-15-10-20-19(21-11-15)22-13-17-3-2-8-28-17/h9-12,17H,2-8,13-14H2,1H3,(H,20,21,22). The lowest BCUT2D eigenvalue weighted by Crippen LogP contribution is -2.46. The Morgan fingerprint density at radius 1 is 1.18 bits per heavy atom. The second-order valence-electron chi connectivity index (χ2n) is 7.37. The van der Waals surface area contributed by atoms with Gasteiger partial charge in [0.1, 0.15) is 0 Å². The first-order chi connectivity index (χ1) is 13.7. The summed E-state index contributed by atoms with van der Waals surface area (Å²) in [6.45, 7) is 6.04. The van der Waals surface area contributed by atoms with E-state index < -0.39 is 0 Å². The molecule has 2 aliphatic rings. The SMILES string of the molecule is Cn1ncc(N2CCN(Cc3cnc(NCC4CCCO4)nc3)CC2)cc1=O. The Labute approximate surface area is 164 Å². The maximum absolute atomic E-state index is 11.8. The molecule has 4 rings (SSSR count). The first-order valence-corrected chi connectivity index (χ1v) is 9.84. The number of hydrogen-bond acceptors (Lipinski definition) is 8. The zero-order chi connectivity index (χ0) is 19.3. The van der Waals surface area contributed by atoms with E-state index in [9.17, 15) is 4.79 Å². The molecular weight excluding hydrogens is 358 g/mol. The number of nitrogens with zero attached hydrogens (tertiary/aromatic N) is 6. The second-order valence-corrected chi connectivity index (χ2v) is 7.37. The van der Waals surface area contributed by atoms with Gasteiger partial charge in [0.15, 0.2) is 0 Å². The van der Waals surface area contributed by atoms with Crippen LogP contribution in [0.15, 0.2) is 29.5 Å². The van der Waals surface area contributed by atoms with Crippen molar-refractivity contribution in [3.63, 3.8) is 0 Å². The van der Waals surface area contributed by atoms with Crippen molar-refractivity contribution in [3.8, 4) is 0 Å². The Hall–Kier alpha value is -2.52. The van der Waals surface area contributed by atoms with Gasteiger partial charge >= 0.3 is 0 Å². The minimum absolute atomic E-state index is 0.0785. The first kappa shape index (κ1) is 18.8. The van der Waals surface area contributed by atoms with E-state index in [2.05, 4.69) is 30.2 Å². The van der Waals surface area contributed by atoms with E-state index in [1.165, 1.54) is 4.68 Å². The van der Waals surface area contributed by atoms with Crippen LogP contribution in [0.2, 0.25) is 0 Å². The first-order valence-electron chi connectivity index (χ1n) is 9.84. The number of nitrogens with one attached hydrogen (secondary N) is 1. The Bertz CT molecular complexity index is 825. The topological polar surface area (TPSA) is 88.4 Å². The van der Waals surface area contributed by atoms with E-state index >= 15 is 0 Å². The van der Waals surface area contributed by atoms with Gasteiger partial charge in [-0.15, -0.1) is 0 Å². The Balaban J connectivity index is 1.25. The fraction of sp³-hybridized carbons (Fsp3) is 0.579. The summed E-state index contributed by atoms with van der Waals surface area (Å²) in [7, 11) is 1.66. The molecule has 2 aromatic rings. The van der Waals surface area contributed by atoms with Crippen LogP contribution in [-0.2, 0) is 18.3 Å². The van der Waals surface area contributed by atoms with Crippen LogP contribution in [0.5, 0.6) is 0 Å². The van der Waals surface area contributed by atoms with Crippen molar-refractivity contribution < 1.29 is 4.74 Å². The minimum Gasteiger partial charge on any atom is -0.376 e. The summed E-state index contributed by atoms with van der Waals surface area (Å²) in [4.78, 5) is 25.2. The van der Waals surface area contributed by atoms with Gasteiger partial charge in [-0.1, -0.05) is 0 Å². The Morgan fingerprint density at radius 3 is 2.64 bits per heavy atom. The van der Waals surface area contributed by atoms with Crippen LogP contribution in [0.4, 0.5) is 11.6 Å². The zero-order valence-electron chi connectivity index (χ0n) is 16.3. The summed E-state index contributed by atoms with van der Waals surface area (Å²) in [6, 6.07) is 1.65. The molecule has 150 valence electrons. The highest BCUT2D eigenvalue weighted by Crippen LogP contribution is 2.15. The quantitative estimate of drug-likeness (QED) is 0.768. The number of anilines is 2. The van der Waals surface area contributed by atoms with Crippen LogP contribution < -0.4 is 15.8 Å². The zero-order valence-corrected chi connectivity index (χ0v) is 16.3. The fourth-order valence-electron chi connectivity index (χ4n) is 3.59. The number of hydrogen-bond donors (Lipinski definition) is 1. The van der Waals surface area contributed by atoms with Crippen molar-refractivity contribution in [1.82, 2.24) is 24.6 Å². The van der Waals surface area contributed by atoms with Crippen LogP contribution in [0, 0.1) is 0 Å². The van der Waals surface area contributed by atoms with E-state index in [-0.39, 0.29) is 11.7 Å². The summed E-state index contributed by atoms with van der Waals surface area (Å²) >= 11 is 0. The number of aryl methyl sites for hydroxylation is 1. The molecule has 0 radical (unpaired) electrons. The molecule has 28 heavy (non-hydrogen) atoms. The molecule has 4 heterocycles. The van der Waals surface area contributed by atoms with E-state index in [0.29, 0.717) is 5.95 Å². The van der Waals surface area contributed by atoms with Gasteiger partial charge in [-0.05, 0) is 12.8 Å². The van der Waals surface area contributed by atoms with Gasteiger partial charge < -0.3 is 15.0 Å². The minimum atomic E-state index is -0.0785. The van der Waals surface area contributed by atoms with Crippen molar-refractivity contribution in [1.29, 1.82) is 0 Å². The molecule has 9 heteroatoms. The Kier molecular flexibility index (Phi) is 5.82. The smallest absolute Gasteiger partial charge is 0.268 e. The third-order valence-corrected chi connectivity index (χ3v) is 5.31. The maximum Gasteiger partial charge on any atom is 0.268 e. The monoisotopic (exact) mass is 385 g/mol. The van der Waals surface area contributed by atoms with Crippen molar-refractivity contribution >= 4 is 11.6 Å². The van der Waals surface area contributed by atoms with Crippen LogP contribution in [-0.4, -0.2) is 70.1 Å². The molecule has 0 aliphatic carbocycles. The average molecular weight is 385 g/mol. The van der Waals surface area contributed by atoms with Gasteiger partial charge in [-0.2, -0.15) is 5.10 Å². The molecule has 1 N–H and O–H groups in total. The molecule has 0 saturated carbocycles. The molecular formula is C19H27N7O2. The molecule has 1 atom stereocenters. The lowest BCUT2D eigenvalue weighted by atomic mass is 10.2. The Morgan fingerprint density at radius 2 is 1.96 bits per heavy atom. The van der Waals surface area contributed by atoms with E-state index in [0.717, 1.165) is 70.0 Å². The molecule has 0 amide bonds. The summed E-state index contributed by atoms with van der Waals surface area (Å²) in [5.74, 6) is 0.655. The maximum atomic E-state index is 11.8. The molecule has 0 aromatic carbocycles. The van der Waals surface area contributed by atoms with E-state index in [1.54, 1.807) is 19.3 Å². The lowest BCUT2D eigenvalue weighted by Gasteiger charge is -2.35. The normalized spacial score (nSPS) is 20.5. The molecule has 2 aromatic heterocycles. The number of rotatable bonds is 6. The number of ether oxygens (including phenoxy) is 1. The van der Waals surface area contributed by atoms with Gasteiger partial charge in [-0.25, -0.2) is 14.6 Å². The summed E-state index contributed by atoms with van der Waals surface area (Å²) < 4.78 is 6.95. The summed E-state index contributed by atoms with van der Waals surface area (Å²) in [5, 5.41) is 7.36. The van der Waals surface area contributed by atoms with Crippen LogP contribution in [0.3, 0.4) is 0 Å². The van der Waals surface area contributed by atoms with Gasteiger partial charge in [-0.3, -0.25) is 9.69 Å². The van der Waals surface area contributed by atoms with Crippen molar-refractivity contribution in [2.45, 2.75) is 25.5 Å². The second kappa shape index (κ2) is 8.66. The summed E-state index contributed by atoms with van der Waals surface area (Å²) in [6.07, 6.45) is 8.05. The number of aromatic nitrogens is 4. The number of piperazine rings is 1.